The second kappa shape index (κ2) is 5.99. The fourth-order valence-corrected chi connectivity index (χ4v) is 2.76. The van der Waals surface area contributed by atoms with Gasteiger partial charge in [0.2, 0.25) is 10.4 Å². The zero-order valence-electron chi connectivity index (χ0n) is 10.5. The number of hydrogen-bond acceptors (Lipinski definition) is 6. The average molecular weight is 324 g/mol. The molecule has 2 fully saturated rings. The van der Waals surface area contributed by atoms with Crippen molar-refractivity contribution in [1.29, 1.82) is 0 Å². The minimum atomic E-state index is -5.15. The van der Waals surface area contributed by atoms with Crippen LogP contribution in [-0.2, 0) is 14.7 Å². The van der Waals surface area contributed by atoms with Crippen molar-refractivity contribution in [2.24, 2.45) is 0 Å². The Balaban J connectivity index is 0.00000200. The maximum absolute atomic E-state index is 13.4. The molecule has 2 bridgehead atoms. The smallest absolute Gasteiger partial charge is 0.724 e. The molecule has 0 aromatic rings. The standard InChI is InChI=1S/C8H12F2N2O6S.Na/c9-8(10,4-13)6-2-1-5-3-11(6)7(14)12(5)18-19(15,16)17;/h5-6,13H,1-4H2,(H,15,16,17);/q;+1/p-1/t5-,6+;/m1./s1. The molecule has 8 nitrogen and oxygen atoms in total. The van der Waals surface area contributed by atoms with Crippen LogP contribution in [0.15, 0.2) is 0 Å². The first-order chi connectivity index (χ1) is 8.65. The summed E-state index contributed by atoms with van der Waals surface area (Å²) >= 11 is 0. The van der Waals surface area contributed by atoms with E-state index in [-0.39, 0.29) is 48.9 Å². The van der Waals surface area contributed by atoms with Gasteiger partial charge in [0.25, 0.3) is 5.92 Å². The summed E-state index contributed by atoms with van der Waals surface area (Å²) in [7, 11) is -5.15. The van der Waals surface area contributed by atoms with Gasteiger partial charge >= 0.3 is 35.6 Å². The molecule has 2 amide bonds. The first kappa shape index (κ1) is 18.0. The van der Waals surface area contributed by atoms with E-state index in [1.165, 1.54) is 0 Å². The summed E-state index contributed by atoms with van der Waals surface area (Å²) in [5.41, 5.74) is 0. The van der Waals surface area contributed by atoms with Gasteiger partial charge in [0, 0.05) is 6.54 Å². The van der Waals surface area contributed by atoms with E-state index >= 15 is 0 Å². The molecule has 0 aromatic heterocycles. The first-order valence-electron chi connectivity index (χ1n) is 5.39. The van der Waals surface area contributed by atoms with Gasteiger partial charge in [-0.1, -0.05) is 0 Å². The summed E-state index contributed by atoms with van der Waals surface area (Å²) in [4.78, 5) is 12.5. The van der Waals surface area contributed by atoms with E-state index in [1.807, 2.05) is 0 Å². The Morgan fingerprint density at radius 2 is 2.05 bits per heavy atom. The molecule has 2 saturated heterocycles. The maximum atomic E-state index is 13.4. The van der Waals surface area contributed by atoms with Gasteiger partial charge in [-0.3, -0.25) is 0 Å². The van der Waals surface area contributed by atoms with Gasteiger partial charge in [0.1, 0.15) is 6.61 Å². The fraction of sp³-hybridized carbons (Fsp3) is 0.875. The summed E-state index contributed by atoms with van der Waals surface area (Å²) in [6, 6.07) is -3.41. The molecule has 2 atom stereocenters. The molecule has 2 aliphatic heterocycles. The van der Waals surface area contributed by atoms with Crippen LogP contribution < -0.4 is 29.6 Å². The van der Waals surface area contributed by atoms with Gasteiger partial charge in [-0.25, -0.2) is 22.0 Å². The molecule has 2 rings (SSSR count). The summed E-state index contributed by atoms with van der Waals surface area (Å²) in [5.74, 6) is -3.49. The predicted octanol–water partition coefficient (Wildman–Crippen LogP) is -3.72. The van der Waals surface area contributed by atoms with Crippen LogP contribution >= 0.6 is 0 Å². The molecule has 110 valence electrons. The number of piperidine rings is 1. The van der Waals surface area contributed by atoms with E-state index < -0.39 is 41.0 Å². The van der Waals surface area contributed by atoms with E-state index in [9.17, 15) is 26.5 Å². The first-order valence-corrected chi connectivity index (χ1v) is 6.73. The predicted molar refractivity (Wildman–Crippen MR) is 53.6 cm³/mol. The van der Waals surface area contributed by atoms with Gasteiger partial charge < -0.3 is 14.6 Å². The summed E-state index contributed by atoms with van der Waals surface area (Å²) in [6.45, 7) is -1.60. The number of rotatable bonds is 4. The summed E-state index contributed by atoms with van der Waals surface area (Å²) in [5, 5.41) is 8.95. The molecular formula is C8H11F2N2NaO6S. The quantitative estimate of drug-likeness (QED) is 0.323. The summed E-state index contributed by atoms with van der Waals surface area (Å²) < 4.78 is 62.3. The third-order valence-corrected chi connectivity index (χ3v) is 3.54. The van der Waals surface area contributed by atoms with Crippen LogP contribution in [0.5, 0.6) is 0 Å². The maximum Gasteiger partial charge on any atom is 1.00 e. The number of hydrogen-bond donors (Lipinski definition) is 1. The van der Waals surface area contributed by atoms with Crippen molar-refractivity contribution in [3.8, 4) is 0 Å². The van der Waals surface area contributed by atoms with Gasteiger partial charge in [-0.2, -0.15) is 9.35 Å². The third-order valence-electron chi connectivity index (χ3n) is 3.19. The molecule has 0 aliphatic carbocycles. The Morgan fingerprint density at radius 3 is 2.55 bits per heavy atom. The zero-order valence-corrected chi connectivity index (χ0v) is 13.3. The van der Waals surface area contributed by atoms with Crippen LogP contribution in [-0.4, -0.2) is 65.2 Å². The van der Waals surface area contributed by atoms with E-state index in [1.54, 1.807) is 0 Å². The number of carbonyl (C=O) groups is 1. The normalized spacial score (nSPS) is 26.7. The van der Waals surface area contributed by atoms with E-state index in [0.717, 1.165) is 4.90 Å². The van der Waals surface area contributed by atoms with Crippen molar-refractivity contribution in [2.75, 3.05) is 13.2 Å². The van der Waals surface area contributed by atoms with Crippen LogP contribution in [0.2, 0.25) is 0 Å². The van der Waals surface area contributed by atoms with E-state index in [0.29, 0.717) is 5.06 Å². The van der Waals surface area contributed by atoms with Gasteiger partial charge in [0.05, 0.1) is 12.1 Å². The van der Waals surface area contributed by atoms with E-state index in [4.69, 9.17) is 5.11 Å². The van der Waals surface area contributed by atoms with Gasteiger partial charge in [0.15, 0.2) is 0 Å². The number of aliphatic hydroxyl groups is 1. The number of amides is 2. The van der Waals surface area contributed by atoms with Crippen molar-refractivity contribution in [3.05, 3.63) is 0 Å². The van der Waals surface area contributed by atoms with Crippen molar-refractivity contribution in [3.63, 3.8) is 0 Å². The summed E-state index contributed by atoms with van der Waals surface area (Å²) in [6.07, 6.45) is -0.0687. The number of carbonyl (C=O) groups excluding carboxylic acids is 1. The number of nitrogens with zero attached hydrogens (tertiary/aromatic N) is 2. The van der Waals surface area contributed by atoms with Gasteiger partial charge in [-0.05, 0) is 12.8 Å². The monoisotopic (exact) mass is 324 g/mol. The van der Waals surface area contributed by atoms with Crippen molar-refractivity contribution in [2.45, 2.75) is 30.8 Å². The number of halogens is 2. The average Bonchev–Trinajstić information content (AvgIpc) is 2.53. The zero-order chi connectivity index (χ0) is 14.4. The second-order valence-electron chi connectivity index (χ2n) is 4.41. The molecule has 2 aliphatic rings. The van der Waals surface area contributed by atoms with E-state index in [2.05, 4.69) is 4.28 Å². The minimum Gasteiger partial charge on any atom is -0.724 e. The van der Waals surface area contributed by atoms with Crippen molar-refractivity contribution < 1.29 is 65.5 Å². The number of urea groups is 1. The Hall–Kier alpha value is -0.0400. The molecule has 0 saturated carbocycles. The molecule has 0 unspecified atom stereocenters. The second-order valence-corrected chi connectivity index (χ2v) is 5.38. The Kier molecular flexibility index (Phi) is 5.39. The van der Waals surface area contributed by atoms with Crippen molar-refractivity contribution >= 4 is 16.4 Å². The fourth-order valence-electron chi connectivity index (χ4n) is 2.37. The molecule has 0 aromatic carbocycles. The number of aliphatic hydroxyl groups excluding tert-OH is 1. The molecule has 0 spiro atoms. The Bertz CT molecular complexity index is 489. The number of alkyl halides is 2. The SMILES string of the molecule is O=C1N2C[C@@H](CC[C@H]2C(F)(F)CO)N1OS(=O)(=O)[O-].[Na+]. The Labute approximate surface area is 135 Å². The van der Waals surface area contributed by atoms with Crippen LogP contribution in [0.1, 0.15) is 12.8 Å². The Morgan fingerprint density at radius 1 is 1.45 bits per heavy atom. The molecular weight excluding hydrogens is 313 g/mol. The van der Waals surface area contributed by atoms with Crippen LogP contribution in [0, 0.1) is 0 Å². The number of fused-ring (bicyclic) bond motifs is 2. The third kappa shape index (κ3) is 3.40. The van der Waals surface area contributed by atoms with Crippen LogP contribution in [0.25, 0.3) is 0 Å². The van der Waals surface area contributed by atoms with Gasteiger partial charge in [-0.15, -0.1) is 0 Å². The molecule has 0 radical (unpaired) electrons. The molecule has 1 N–H and O–H groups in total. The topological polar surface area (TPSA) is 110 Å². The molecule has 20 heavy (non-hydrogen) atoms. The van der Waals surface area contributed by atoms with Crippen LogP contribution in [0.3, 0.4) is 0 Å². The van der Waals surface area contributed by atoms with Crippen LogP contribution in [0.4, 0.5) is 13.6 Å². The largest absolute Gasteiger partial charge is 1.00 e. The molecule has 2 heterocycles. The van der Waals surface area contributed by atoms with Crippen molar-refractivity contribution in [1.82, 2.24) is 9.96 Å². The number of hydroxylamine groups is 2. The minimum absolute atomic E-state index is 0. The molecule has 12 heteroatoms.